The number of fused-ring (bicyclic) bond motifs is 1. The highest BCUT2D eigenvalue weighted by molar-refractivity contribution is 7.20. The van der Waals surface area contributed by atoms with Gasteiger partial charge in [-0.3, -0.25) is 4.79 Å². The van der Waals surface area contributed by atoms with E-state index in [9.17, 15) is 9.18 Å². The molecule has 5 rings (SSSR count). The van der Waals surface area contributed by atoms with Crippen LogP contribution < -0.4 is 5.32 Å². The zero-order chi connectivity index (χ0) is 22.1. The molecule has 2 heterocycles. The van der Waals surface area contributed by atoms with Gasteiger partial charge in [0.1, 0.15) is 11.6 Å². The molecule has 0 saturated carbocycles. The first-order valence-electron chi connectivity index (χ1n) is 10.1. The number of hydrogen-bond donors (Lipinski definition) is 1. The molecular weight excluding hydrogens is 423 g/mol. The van der Waals surface area contributed by atoms with Crippen molar-refractivity contribution in [2.24, 2.45) is 0 Å². The molecule has 1 N–H and O–H groups in total. The highest BCUT2D eigenvalue weighted by Gasteiger charge is 2.16. The second kappa shape index (κ2) is 8.36. The summed E-state index contributed by atoms with van der Waals surface area (Å²) in [5.74, 6) is -0.0291. The third kappa shape index (κ3) is 4.15. The summed E-state index contributed by atoms with van der Waals surface area (Å²) in [6.07, 6.45) is 0.812. The Kier molecular flexibility index (Phi) is 5.25. The van der Waals surface area contributed by atoms with Crippen LogP contribution in [0.4, 0.5) is 10.2 Å². The van der Waals surface area contributed by atoms with Crippen molar-refractivity contribution in [3.63, 3.8) is 0 Å². The van der Waals surface area contributed by atoms with Gasteiger partial charge >= 0.3 is 0 Å². The number of carbonyl (C=O) groups is 1. The average Bonchev–Trinajstić information content (AvgIpc) is 3.37. The number of hydrogen-bond acceptors (Lipinski definition) is 4. The maximum absolute atomic E-state index is 13.5. The fraction of sp³-hybridized carbons (Fsp3) is 0.0800. The number of rotatable bonds is 5. The second-order valence-electron chi connectivity index (χ2n) is 7.50. The minimum Gasteiger partial charge on any atom is -0.306 e. The molecule has 0 spiro atoms. The predicted molar refractivity (Wildman–Crippen MR) is 125 cm³/mol. The summed E-state index contributed by atoms with van der Waals surface area (Å²) in [5, 5.41) is 7.95. The number of thiazole rings is 1. The first kappa shape index (κ1) is 20.1. The molecule has 5 nitrogen and oxygen atoms in total. The van der Waals surface area contributed by atoms with E-state index >= 15 is 0 Å². The largest absolute Gasteiger partial charge is 0.306 e. The molecule has 0 aliphatic heterocycles. The molecule has 7 heteroatoms. The van der Waals surface area contributed by atoms with Crippen molar-refractivity contribution in [3.05, 3.63) is 107 Å². The lowest BCUT2D eigenvalue weighted by molar-refractivity contribution is 0.102. The molecule has 3 aromatic carbocycles. The number of aryl methyl sites for hydroxylation is 1. The molecule has 0 aliphatic carbocycles. The molecule has 0 saturated heterocycles. The summed E-state index contributed by atoms with van der Waals surface area (Å²) < 4.78 is 15.8. The van der Waals surface area contributed by atoms with E-state index in [1.807, 2.05) is 49.4 Å². The fourth-order valence-electron chi connectivity index (χ4n) is 3.51. The molecule has 0 aliphatic rings. The monoisotopic (exact) mass is 442 g/mol. The summed E-state index contributed by atoms with van der Waals surface area (Å²) in [7, 11) is 0. The van der Waals surface area contributed by atoms with Crippen LogP contribution in [0.1, 0.15) is 27.2 Å². The molecule has 0 bridgehead atoms. The van der Waals surface area contributed by atoms with Crippen LogP contribution in [0.3, 0.4) is 0 Å². The quantitative estimate of drug-likeness (QED) is 0.376. The van der Waals surface area contributed by atoms with Crippen LogP contribution in [0.25, 0.3) is 15.3 Å². The molecule has 1 amide bonds. The van der Waals surface area contributed by atoms with Crippen LogP contribution in [0.2, 0.25) is 0 Å². The Morgan fingerprint density at radius 1 is 1.00 bits per heavy atom. The molecular formula is C25H19FN4OS. The molecule has 158 valence electrons. The molecule has 5 aromatic rings. The van der Waals surface area contributed by atoms with Crippen LogP contribution in [-0.4, -0.2) is 20.7 Å². The zero-order valence-electron chi connectivity index (χ0n) is 17.2. The summed E-state index contributed by atoms with van der Waals surface area (Å²) in [6, 6.07) is 24.0. The zero-order valence-corrected chi connectivity index (χ0v) is 18.1. The van der Waals surface area contributed by atoms with Crippen molar-refractivity contribution < 1.29 is 9.18 Å². The number of carbonyl (C=O) groups excluding carboxylic acids is 1. The van der Waals surface area contributed by atoms with Crippen LogP contribution >= 0.6 is 11.3 Å². The smallest absolute Gasteiger partial charge is 0.256 e. The summed E-state index contributed by atoms with van der Waals surface area (Å²) in [4.78, 5) is 17.4. The van der Waals surface area contributed by atoms with Gasteiger partial charge in [0.2, 0.25) is 5.13 Å². The third-order valence-corrected chi connectivity index (χ3v) is 6.05. The van der Waals surface area contributed by atoms with E-state index in [0.717, 1.165) is 22.4 Å². The van der Waals surface area contributed by atoms with Gasteiger partial charge in [-0.2, -0.15) is 9.78 Å². The maximum Gasteiger partial charge on any atom is 0.256 e. The lowest BCUT2D eigenvalue weighted by Crippen LogP contribution is -2.15. The Balaban J connectivity index is 1.36. The number of benzene rings is 3. The molecule has 32 heavy (non-hydrogen) atoms. The number of anilines is 1. The van der Waals surface area contributed by atoms with Crippen LogP contribution in [0.15, 0.2) is 78.9 Å². The topological polar surface area (TPSA) is 59.8 Å². The van der Waals surface area contributed by atoms with Crippen molar-refractivity contribution in [1.82, 2.24) is 14.8 Å². The maximum atomic E-state index is 13.5. The number of halogens is 1. The van der Waals surface area contributed by atoms with Gasteiger partial charge in [0.15, 0.2) is 0 Å². The lowest BCUT2D eigenvalue weighted by Gasteiger charge is -2.07. The van der Waals surface area contributed by atoms with E-state index in [-0.39, 0.29) is 11.7 Å². The highest BCUT2D eigenvalue weighted by Crippen LogP contribution is 2.28. The average molecular weight is 443 g/mol. The molecule has 0 radical (unpaired) electrons. The van der Waals surface area contributed by atoms with Gasteiger partial charge < -0.3 is 5.32 Å². The Morgan fingerprint density at radius 3 is 2.53 bits per heavy atom. The molecule has 2 aromatic heterocycles. The van der Waals surface area contributed by atoms with Gasteiger partial charge in [0, 0.05) is 11.6 Å². The molecule has 0 atom stereocenters. The van der Waals surface area contributed by atoms with E-state index < -0.39 is 0 Å². The molecule has 0 unspecified atom stereocenters. The van der Waals surface area contributed by atoms with Gasteiger partial charge in [-0.1, -0.05) is 53.8 Å². The molecule has 0 fully saturated rings. The summed E-state index contributed by atoms with van der Waals surface area (Å²) in [5.41, 5.74) is 4.34. The van der Waals surface area contributed by atoms with E-state index in [1.54, 1.807) is 16.8 Å². The van der Waals surface area contributed by atoms with E-state index in [0.29, 0.717) is 22.0 Å². The first-order valence-corrected chi connectivity index (χ1v) is 10.9. The normalized spacial score (nSPS) is 11.1. The highest BCUT2D eigenvalue weighted by atomic mass is 32.1. The Hall–Kier alpha value is -3.84. The third-order valence-electron chi connectivity index (χ3n) is 5.06. The number of nitrogens with one attached hydrogen (secondary N) is 1. The van der Waals surface area contributed by atoms with Crippen molar-refractivity contribution in [1.29, 1.82) is 0 Å². The number of nitrogens with zero attached hydrogens (tertiary/aromatic N) is 3. The van der Waals surface area contributed by atoms with Gasteiger partial charge in [-0.05, 0) is 54.8 Å². The van der Waals surface area contributed by atoms with Gasteiger partial charge in [-0.15, -0.1) is 0 Å². The minimum atomic E-state index is -0.311. The fourth-order valence-corrected chi connectivity index (χ4v) is 4.46. The van der Waals surface area contributed by atoms with Crippen LogP contribution in [0, 0.1) is 12.7 Å². The van der Waals surface area contributed by atoms with Crippen molar-refractivity contribution >= 4 is 33.3 Å². The lowest BCUT2D eigenvalue weighted by atomic mass is 10.0. The van der Waals surface area contributed by atoms with Crippen molar-refractivity contribution in [3.8, 4) is 5.13 Å². The van der Waals surface area contributed by atoms with E-state index in [1.165, 1.54) is 29.0 Å². The summed E-state index contributed by atoms with van der Waals surface area (Å²) in [6.45, 7) is 1.84. The summed E-state index contributed by atoms with van der Waals surface area (Å²) >= 11 is 1.32. The second-order valence-corrected chi connectivity index (χ2v) is 8.51. The van der Waals surface area contributed by atoms with E-state index in [4.69, 9.17) is 0 Å². The first-order chi connectivity index (χ1) is 15.5. The number of aromatic nitrogens is 3. The standard InChI is InChI=1S/C25H19FN4OS/c1-16-13-23(30(29-16)25-27-21-12-11-20(26)15-22(21)32-25)28-24(31)19-9-7-18(8-10-19)14-17-5-3-2-4-6-17/h2-13,15H,14H2,1H3,(H,28,31). The van der Waals surface area contributed by atoms with Gasteiger partial charge in [-0.25, -0.2) is 9.37 Å². The van der Waals surface area contributed by atoms with Crippen molar-refractivity contribution in [2.75, 3.05) is 5.32 Å². The Bertz CT molecular complexity index is 1410. The van der Waals surface area contributed by atoms with E-state index in [2.05, 4.69) is 27.5 Å². The van der Waals surface area contributed by atoms with Crippen LogP contribution in [0.5, 0.6) is 0 Å². The minimum absolute atomic E-state index is 0.232. The Labute approximate surface area is 188 Å². The van der Waals surface area contributed by atoms with Gasteiger partial charge in [0.25, 0.3) is 5.91 Å². The van der Waals surface area contributed by atoms with Gasteiger partial charge in [0.05, 0.1) is 15.9 Å². The van der Waals surface area contributed by atoms with Crippen molar-refractivity contribution in [2.45, 2.75) is 13.3 Å². The van der Waals surface area contributed by atoms with Crippen LogP contribution in [-0.2, 0) is 6.42 Å². The SMILES string of the molecule is Cc1cc(NC(=O)c2ccc(Cc3ccccc3)cc2)n(-c2nc3ccc(F)cc3s2)n1. The Morgan fingerprint density at radius 2 is 1.75 bits per heavy atom. The predicted octanol–water partition coefficient (Wildman–Crippen LogP) is 5.77. The number of amides is 1.